The van der Waals surface area contributed by atoms with Crippen LogP contribution < -0.4 is 14.2 Å². The summed E-state index contributed by atoms with van der Waals surface area (Å²) in [7, 11) is 3.33. The highest BCUT2D eigenvalue weighted by molar-refractivity contribution is 5.51. The lowest BCUT2D eigenvalue weighted by Crippen LogP contribution is -2.07. The van der Waals surface area contributed by atoms with Gasteiger partial charge in [0.05, 0.1) is 20.3 Å². The summed E-state index contributed by atoms with van der Waals surface area (Å²) in [5.74, 6) is 2.70. The van der Waals surface area contributed by atoms with Crippen molar-refractivity contribution < 1.29 is 14.2 Å². The molecule has 0 radical (unpaired) electrons. The molecule has 17 heavy (non-hydrogen) atoms. The third-order valence-electron chi connectivity index (χ3n) is 2.50. The van der Waals surface area contributed by atoms with Crippen molar-refractivity contribution in [3.05, 3.63) is 17.7 Å². The van der Waals surface area contributed by atoms with Crippen LogP contribution in [-0.2, 0) is 0 Å². The first kappa shape index (κ1) is 13.7. The molecule has 1 rings (SSSR count). The van der Waals surface area contributed by atoms with Crippen LogP contribution in [0.1, 0.15) is 39.2 Å². The molecule has 1 aromatic rings. The van der Waals surface area contributed by atoms with E-state index in [1.165, 1.54) is 0 Å². The average Bonchev–Trinajstić information content (AvgIpc) is 2.27. The summed E-state index contributed by atoms with van der Waals surface area (Å²) >= 11 is 0. The fraction of sp³-hybridized carbons (Fsp3) is 0.571. The fourth-order valence-corrected chi connectivity index (χ4v) is 1.69. The van der Waals surface area contributed by atoms with E-state index >= 15 is 0 Å². The van der Waals surface area contributed by atoms with Crippen LogP contribution in [0.2, 0.25) is 0 Å². The Bertz CT molecular complexity index is 370. The van der Waals surface area contributed by atoms with Crippen LogP contribution in [0, 0.1) is 0 Å². The molecule has 0 atom stereocenters. The van der Waals surface area contributed by atoms with Crippen LogP contribution in [0.25, 0.3) is 0 Å². The number of benzene rings is 1. The van der Waals surface area contributed by atoms with Gasteiger partial charge in [-0.1, -0.05) is 13.8 Å². The van der Waals surface area contributed by atoms with Crippen molar-refractivity contribution in [2.75, 3.05) is 14.2 Å². The summed E-state index contributed by atoms with van der Waals surface area (Å²) in [5.41, 5.74) is 1.13. The molecule has 0 N–H and O–H groups in total. The molecule has 0 aromatic heterocycles. The van der Waals surface area contributed by atoms with Gasteiger partial charge in [-0.2, -0.15) is 0 Å². The lowest BCUT2D eigenvalue weighted by molar-refractivity contribution is 0.228. The molecule has 0 aliphatic carbocycles. The quantitative estimate of drug-likeness (QED) is 0.784. The molecule has 0 amide bonds. The molecule has 0 bridgehead atoms. The van der Waals surface area contributed by atoms with Gasteiger partial charge in [-0.05, 0) is 25.8 Å². The lowest BCUT2D eigenvalue weighted by atomic mass is 10.0. The average molecular weight is 238 g/mol. The molecule has 0 heterocycles. The highest BCUT2D eigenvalue weighted by atomic mass is 16.5. The van der Waals surface area contributed by atoms with Crippen LogP contribution in [0.15, 0.2) is 12.1 Å². The van der Waals surface area contributed by atoms with E-state index < -0.39 is 0 Å². The maximum Gasteiger partial charge on any atom is 0.165 e. The molecule has 3 nitrogen and oxygen atoms in total. The van der Waals surface area contributed by atoms with Crippen molar-refractivity contribution in [2.24, 2.45) is 0 Å². The molecule has 3 heteroatoms. The molecular weight excluding hydrogens is 216 g/mol. The van der Waals surface area contributed by atoms with E-state index in [4.69, 9.17) is 14.2 Å². The summed E-state index contributed by atoms with van der Waals surface area (Å²) in [6.45, 7) is 8.23. The number of ether oxygens (including phenoxy) is 3. The molecule has 0 saturated carbocycles. The summed E-state index contributed by atoms with van der Waals surface area (Å²) in [5, 5.41) is 0. The van der Waals surface area contributed by atoms with Gasteiger partial charge in [-0.15, -0.1) is 0 Å². The van der Waals surface area contributed by atoms with Gasteiger partial charge in [0.15, 0.2) is 11.5 Å². The van der Waals surface area contributed by atoms with Crippen molar-refractivity contribution in [2.45, 2.75) is 39.7 Å². The Kier molecular flexibility index (Phi) is 4.67. The normalized spacial score (nSPS) is 10.8. The SMILES string of the molecule is COc1cc(C(C)C)c(OC)cc1OC(C)C. The highest BCUT2D eigenvalue weighted by Gasteiger charge is 2.15. The second kappa shape index (κ2) is 5.80. The van der Waals surface area contributed by atoms with Crippen molar-refractivity contribution in [1.29, 1.82) is 0 Å². The maximum absolute atomic E-state index is 5.71. The molecule has 0 saturated heterocycles. The number of methoxy groups -OCH3 is 2. The Balaban J connectivity index is 3.22. The number of hydrogen-bond acceptors (Lipinski definition) is 3. The Hall–Kier alpha value is -1.38. The van der Waals surface area contributed by atoms with E-state index in [1.54, 1.807) is 14.2 Å². The Morgan fingerprint density at radius 3 is 1.82 bits per heavy atom. The summed E-state index contributed by atoms with van der Waals surface area (Å²) < 4.78 is 16.5. The zero-order chi connectivity index (χ0) is 13.0. The minimum Gasteiger partial charge on any atom is -0.496 e. The zero-order valence-corrected chi connectivity index (χ0v) is 11.5. The van der Waals surface area contributed by atoms with Crippen LogP contribution in [0.4, 0.5) is 0 Å². The van der Waals surface area contributed by atoms with E-state index in [-0.39, 0.29) is 6.10 Å². The standard InChI is InChI=1S/C14H22O3/c1-9(2)11-7-13(16-6)14(17-10(3)4)8-12(11)15-5/h7-10H,1-6H3. The first-order valence-electron chi connectivity index (χ1n) is 5.92. The van der Waals surface area contributed by atoms with E-state index in [0.29, 0.717) is 5.92 Å². The molecule has 0 unspecified atom stereocenters. The van der Waals surface area contributed by atoms with Gasteiger partial charge in [-0.25, -0.2) is 0 Å². The second-order valence-electron chi connectivity index (χ2n) is 4.57. The van der Waals surface area contributed by atoms with Crippen LogP contribution in [0.3, 0.4) is 0 Å². The monoisotopic (exact) mass is 238 g/mol. The molecule has 0 spiro atoms. The van der Waals surface area contributed by atoms with Crippen LogP contribution >= 0.6 is 0 Å². The van der Waals surface area contributed by atoms with Gasteiger partial charge in [0, 0.05) is 11.6 Å². The van der Waals surface area contributed by atoms with Gasteiger partial charge >= 0.3 is 0 Å². The van der Waals surface area contributed by atoms with Crippen LogP contribution in [-0.4, -0.2) is 20.3 Å². The zero-order valence-electron chi connectivity index (χ0n) is 11.5. The van der Waals surface area contributed by atoms with Crippen LogP contribution in [0.5, 0.6) is 17.2 Å². The minimum absolute atomic E-state index is 0.110. The predicted octanol–water partition coefficient (Wildman–Crippen LogP) is 3.61. The topological polar surface area (TPSA) is 27.7 Å². The Morgan fingerprint density at radius 2 is 1.41 bits per heavy atom. The van der Waals surface area contributed by atoms with Gasteiger partial charge in [0.25, 0.3) is 0 Å². The molecule has 0 aliphatic heterocycles. The third kappa shape index (κ3) is 3.29. The van der Waals surface area contributed by atoms with Crippen molar-refractivity contribution in [3.8, 4) is 17.2 Å². The van der Waals surface area contributed by atoms with E-state index in [1.807, 2.05) is 26.0 Å². The maximum atomic E-state index is 5.71. The van der Waals surface area contributed by atoms with Gasteiger partial charge < -0.3 is 14.2 Å². The molecular formula is C14H22O3. The van der Waals surface area contributed by atoms with E-state index in [9.17, 15) is 0 Å². The Labute approximate surface area is 104 Å². The van der Waals surface area contributed by atoms with E-state index in [0.717, 1.165) is 22.8 Å². The number of rotatable bonds is 5. The summed E-state index contributed by atoms with van der Waals surface area (Å²) in [4.78, 5) is 0. The van der Waals surface area contributed by atoms with Crippen molar-refractivity contribution in [3.63, 3.8) is 0 Å². The molecule has 0 aliphatic rings. The molecule has 1 aromatic carbocycles. The van der Waals surface area contributed by atoms with E-state index in [2.05, 4.69) is 13.8 Å². The second-order valence-corrected chi connectivity index (χ2v) is 4.57. The van der Waals surface area contributed by atoms with Gasteiger partial charge in [0.1, 0.15) is 5.75 Å². The van der Waals surface area contributed by atoms with Crippen molar-refractivity contribution >= 4 is 0 Å². The summed E-state index contributed by atoms with van der Waals surface area (Å²) in [6, 6.07) is 3.88. The predicted molar refractivity (Wildman–Crippen MR) is 69.4 cm³/mol. The molecule has 96 valence electrons. The largest absolute Gasteiger partial charge is 0.496 e. The minimum atomic E-state index is 0.110. The van der Waals surface area contributed by atoms with Gasteiger partial charge in [-0.3, -0.25) is 0 Å². The smallest absolute Gasteiger partial charge is 0.165 e. The third-order valence-corrected chi connectivity index (χ3v) is 2.50. The summed E-state index contributed by atoms with van der Waals surface area (Å²) in [6.07, 6.45) is 0.110. The van der Waals surface area contributed by atoms with Crippen molar-refractivity contribution in [1.82, 2.24) is 0 Å². The van der Waals surface area contributed by atoms with Gasteiger partial charge in [0.2, 0.25) is 0 Å². The molecule has 0 fully saturated rings. The number of hydrogen-bond donors (Lipinski definition) is 0. The lowest BCUT2D eigenvalue weighted by Gasteiger charge is -2.18. The Morgan fingerprint density at radius 1 is 0.824 bits per heavy atom. The first-order chi connectivity index (χ1) is 7.99. The highest BCUT2D eigenvalue weighted by Crippen LogP contribution is 2.38. The first-order valence-corrected chi connectivity index (χ1v) is 5.92. The fourth-order valence-electron chi connectivity index (χ4n) is 1.69.